The molecular weight excluding hydrogens is 652 g/mol. The summed E-state index contributed by atoms with van der Waals surface area (Å²) in [6.07, 6.45) is 8.45. The summed E-state index contributed by atoms with van der Waals surface area (Å²) in [7, 11) is 6.98. The summed E-state index contributed by atoms with van der Waals surface area (Å²) in [6.45, 7) is 5.18. The van der Waals surface area contributed by atoms with Crippen molar-refractivity contribution >= 4 is 33.7 Å². The van der Waals surface area contributed by atoms with E-state index in [2.05, 4.69) is 83.6 Å². The van der Waals surface area contributed by atoms with Crippen LogP contribution in [0.15, 0.2) is 48.0 Å². The maximum Gasteiger partial charge on any atom is 0.318 e. The Labute approximate surface area is 305 Å². The highest BCUT2D eigenvalue weighted by Crippen LogP contribution is 2.57. The number of methoxy groups -OCH3 is 3. The van der Waals surface area contributed by atoms with E-state index in [1.807, 2.05) is 0 Å². The van der Waals surface area contributed by atoms with Gasteiger partial charge in [-0.05, 0) is 99.6 Å². The van der Waals surface area contributed by atoms with Gasteiger partial charge in [-0.25, -0.2) is 0 Å². The van der Waals surface area contributed by atoms with Crippen LogP contribution in [0.5, 0.6) is 5.75 Å². The molecule has 3 N–H and O–H groups in total. The first-order valence-corrected chi connectivity index (χ1v) is 19.4. The molecule has 0 unspecified atom stereocenters. The first-order chi connectivity index (χ1) is 25.3. The zero-order valence-electron chi connectivity index (χ0n) is 31.3. The Morgan fingerprint density at radius 3 is 2.60 bits per heavy atom. The highest BCUT2D eigenvalue weighted by Gasteiger charge is 2.63. The van der Waals surface area contributed by atoms with E-state index in [1.54, 1.807) is 14.2 Å². The molecule has 9 atom stereocenters. The molecule has 274 valence electrons. The van der Waals surface area contributed by atoms with E-state index >= 15 is 0 Å². The van der Waals surface area contributed by atoms with Crippen LogP contribution in [0.25, 0.3) is 21.8 Å². The third kappa shape index (κ3) is 4.67. The van der Waals surface area contributed by atoms with Crippen LogP contribution in [0, 0.1) is 23.7 Å². The molecule has 0 amide bonds. The second-order valence-corrected chi connectivity index (χ2v) is 16.3. The number of aromatic amines is 2. The van der Waals surface area contributed by atoms with Crippen molar-refractivity contribution in [3.8, 4) is 5.75 Å². The number of benzene rings is 2. The van der Waals surface area contributed by atoms with E-state index < -0.39 is 5.41 Å². The van der Waals surface area contributed by atoms with Crippen LogP contribution in [0.2, 0.25) is 0 Å². The van der Waals surface area contributed by atoms with Crippen LogP contribution in [0.1, 0.15) is 79.9 Å². The molecule has 52 heavy (non-hydrogen) atoms. The lowest BCUT2D eigenvalue weighted by Crippen LogP contribution is -2.67. The average molecular weight is 705 g/mol. The number of likely N-dealkylation sites (N-methyl/N-ethyl adjacent to an activating group) is 1. The molecule has 3 aliphatic carbocycles. The fraction of sp³-hybridized carbons (Fsp3) is 0.535. The van der Waals surface area contributed by atoms with Gasteiger partial charge in [0.15, 0.2) is 0 Å². The minimum Gasteiger partial charge on any atom is -0.496 e. The van der Waals surface area contributed by atoms with Gasteiger partial charge in [-0.3, -0.25) is 14.5 Å². The summed E-state index contributed by atoms with van der Waals surface area (Å²) in [5.74, 6) is 0.828. The Kier molecular flexibility index (Phi) is 8.12. The number of esters is 2. The normalized spacial score (nSPS) is 33.2. The van der Waals surface area contributed by atoms with Crippen molar-refractivity contribution in [2.24, 2.45) is 23.7 Å². The van der Waals surface area contributed by atoms with E-state index in [9.17, 15) is 9.59 Å². The molecular formula is C43H52N4O5. The number of likely N-dealkylation sites (tertiary alicyclic amines) is 1. The molecule has 0 spiro atoms. The molecule has 6 bridgehead atoms. The molecule has 9 heteroatoms. The maximum atomic E-state index is 14.2. The highest BCUT2D eigenvalue weighted by molar-refractivity contribution is 5.93. The molecule has 3 saturated heterocycles. The van der Waals surface area contributed by atoms with Crippen LogP contribution in [-0.4, -0.2) is 79.9 Å². The molecule has 4 fully saturated rings. The minimum absolute atomic E-state index is 0.000215. The molecule has 0 radical (unpaired) electrons. The fourth-order valence-corrected chi connectivity index (χ4v) is 12.1. The van der Waals surface area contributed by atoms with Gasteiger partial charge >= 0.3 is 11.9 Å². The lowest BCUT2D eigenvalue weighted by Gasteiger charge is -2.57. The van der Waals surface area contributed by atoms with E-state index in [1.165, 1.54) is 34.9 Å². The molecule has 6 aliphatic rings. The van der Waals surface area contributed by atoms with E-state index in [4.69, 9.17) is 14.2 Å². The number of allylic oxidation sites excluding steroid dienone is 1. The van der Waals surface area contributed by atoms with Crippen molar-refractivity contribution in [1.82, 2.24) is 20.2 Å². The zero-order chi connectivity index (χ0) is 36.1. The number of ether oxygens (including phenoxy) is 3. The second kappa shape index (κ2) is 12.5. The fourth-order valence-electron chi connectivity index (χ4n) is 12.1. The van der Waals surface area contributed by atoms with Crippen molar-refractivity contribution in [2.75, 3.05) is 34.9 Å². The highest BCUT2D eigenvalue weighted by atomic mass is 16.5. The number of nitrogens with zero attached hydrogens (tertiary/aromatic N) is 1. The van der Waals surface area contributed by atoms with Gasteiger partial charge in [-0.1, -0.05) is 43.2 Å². The van der Waals surface area contributed by atoms with Crippen LogP contribution < -0.4 is 10.1 Å². The van der Waals surface area contributed by atoms with Crippen molar-refractivity contribution < 1.29 is 23.8 Å². The van der Waals surface area contributed by atoms with Crippen LogP contribution in [-0.2, 0) is 37.3 Å². The van der Waals surface area contributed by atoms with Crippen LogP contribution in [0.4, 0.5) is 0 Å². The second-order valence-electron chi connectivity index (χ2n) is 16.3. The number of hydrogen-bond acceptors (Lipinski definition) is 7. The predicted molar refractivity (Wildman–Crippen MR) is 202 cm³/mol. The van der Waals surface area contributed by atoms with Crippen molar-refractivity contribution in [3.05, 3.63) is 76.1 Å². The number of H-pyrrole nitrogens is 2. The van der Waals surface area contributed by atoms with Gasteiger partial charge in [0.1, 0.15) is 11.2 Å². The van der Waals surface area contributed by atoms with Gasteiger partial charge in [-0.2, -0.15) is 0 Å². The Morgan fingerprint density at radius 1 is 1.02 bits per heavy atom. The summed E-state index contributed by atoms with van der Waals surface area (Å²) in [4.78, 5) is 38.2. The van der Waals surface area contributed by atoms with Gasteiger partial charge in [0.2, 0.25) is 0 Å². The van der Waals surface area contributed by atoms with Gasteiger partial charge in [0, 0.05) is 69.3 Å². The van der Waals surface area contributed by atoms with E-state index in [0.717, 1.165) is 84.9 Å². The summed E-state index contributed by atoms with van der Waals surface area (Å²) in [5, 5.41) is 6.25. The third-order valence-corrected chi connectivity index (χ3v) is 14.2. The third-order valence-electron chi connectivity index (χ3n) is 14.2. The Bertz CT molecular complexity index is 2110. The molecule has 5 heterocycles. The molecule has 1 saturated carbocycles. The molecule has 2 aromatic carbocycles. The molecule has 10 rings (SSSR count). The number of rotatable bonds is 5. The van der Waals surface area contributed by atoms with Crippen LogP contribution in [0.3, 0.4) is 0 Å². The van der Waals surface area contributed by atoms with Gasteiger partial charge in [0.05, 0.1) is 27.2 Å². The SMILES string of the molecule is C/C=C1\CN(C)[C@@H]2Cc3c([nH]c4ccccc34)[C@@H](c3cc4[nH]c5c(c4cc3OC)CC[C@H]3N[C@@H]4C[C@H](CC)[C@H]3[C@@]5(C(=O)OC)C4)C[C@H]1[C@@H]2C(=O)OC. The van der Waals surface area contributed by atoms with Gasteiger partial charge in [0.25, 0.3) is 0 Å². The molecule has 3 aliphatic heterocycles. The number of carbonyl (C=O) groups is 2. The summed E-state index contributed by atoms with van der Waals surface area (Å²) < 4.78 is 17.6. The van der Waals surface area contributed by atoms with Gasteiger partial charge in [-0.15, -0.1) is 0 Å². The largest absolute Gasteiger partial charge is 0.496 e. The number of hydrogen-bond donors (Lipinski definition) is 3. The van der Waals surface area contributed by atoms with E-state index in [0.29, 0.717) is 12.0 Å². The number of nitrogens with one attached hydrogen (secondary N) is 3. The quantitative estimate of drug-likeness (QED) is 0.160. The Balaban J connectivity index is 1.27. The lowest BCUT2D eigenvalue weighted by atomic mass is 9.53. The number of aryl methyl sites for hydroxylation is 1. The lowest BCUT2D eigenvalue weighted by molar-refractivity contribution is -0.158. The van der Waals surface area contributed by atoms with Crippen molar-refractivity contribution in [3.63, 3.8) is 0 Å². The summed E-state index contributed by atoms with van der Waals surface area (Å²) in [6, 6.07) is 13.6. The maximum absolute atomic E-state index is 14.2. The van der Waals surface area contributed by atoms with Crippen molar-refractivity contribution in [1.29, 1.82) is 0 Å². The average Bonchev–Trinajstić information content (AvgIpc) is 3.69. The number of fused-ring (bicyclic) bond motifs is 9. The first-order valence-electron chi connectivity index (χ1n) is 19.4. The minimum atomic E-state index is -0.714. The monoisotopic (exact) mass is 704 g/mol. The summed E-state index contributed by atoms with van der Waals surface area (Å²) in [5.41, 5.74) is 8.49. The number of carbonyl (C=O) groups excluding carboxylic acids is 2. The molecule has 4 aromatic rings. The number of piperidine rings is 3. The summed E-state index contributed by atoms with van der Waals surface area (Å²) >= 11 is 0. The first kappa shape index (κ1) is 33.7. The predicted octanol–water partition coefficient (Wildman–Crippen LogP) is 6.54. The Hall–Kier alpha value is -4.08. The van der Waals surface area contributed by atoms with Crippen LogP contribution >= 0.6 is 0 Å². The number of aromatic nitrogens is 2. The van der Waals surface area contributed by atoms with Crippen molar-refractivity contribution in [2.45, 2.75) is 88.3 Å². The topological polar surface area (TPSA) is 109 Å². The molecule has 9 nitrogen and oxygen atoms in total. The smallest absolute Gasteiger partial charge is 0.318 e. The molecule has 2 aromatic heterocycles. The van der Waals surface area contributed by atoms with E-state index in [-0.39, 0.29) is 47.7 Å². The standard InChI is InChI=1S/C43H52N4O5/c1-7-22-15-24-20-43(42(49)52-6)38(22)33(44-24)14-13-26-28-19-36(50-4)29(17-34(28)46-40(26)43)30-16-27-23(8-2)21-47(3)35(37(27)41(48)51-5)18-31-25-11-9-10-12-32(25)45-39(30)31/h8-12,17,19,22,24,27,30,33,35,37-38,44-46H,7,13-16,18,20-21H2,1-6H3/b23-8+/t22-,24+,27+,30+,33+,35+,37-,38+,43-/m0/s1. The van der Waals surface area contributed by atoms with Gasteiger partial charge < -0.3 is 29.5 Å². The Morgan fingerprint density at radius 2 is 1.85 bits per heavy atom. The zero-order valence-corrected chi connectivity index (χ0v) is 31.3. The number of para-hydroxylation sites is 1.